The molecular formula is C23H23ClN4O3. The highest BCUT2D eigenvalue weighted by Crippen LogP contribution is 2.22. The first-order valence-electron chi connectivity index (χ1n) is 10.3. The smallest absolute Gasteiger partial charge is 0.313 e. The second-order valence-corrected chi connectivity index (χ2v) is 7.95. The maximum atomic E-state index is 12.7. The monoisotopic (exact) mass is 438 g/mol. The van der Waals surface area contributed by atoms with E-state index in [9.17, 15) is 14.4 Å². The van der Waals surface area contributed by atoms with Crippen molar-refractivity contribution in [3.05, 3.63) is 64.8 Å². The Bertz CT molecular complexity index is 1130. The van der Waals surface area contributed by atoms with E-state index in [4.69, 9.17) is 11.6 Å². The molecule has 1 aliphatic rings. The van der Waals surface area contributed by atoms with Crippen LogP contribution >= 0.6 is 11.6 Å². The SMILES string of the molecule is O=C(Nc1ccccc1C(=O)NCCc1c[nH]c2ccc(Cl)cc12)C(=O)N1CCCC1. The van der Waals surface area contributed by atoms with Gasteiger partial charge in [0.1, 0.15) is 0 Å². The van der Waals surface area contributed by atoms with Crippen molar-refractivity contribution in [2.75, 3.05) is 25.0 Å². The van der Waals surface area contributed by atoms with Crippen LogP contribution in [0.3, 0.4) is 0 Å². The van der Waals surface area contributed by atoms with Crippen LogP contribution in [-0.4, -0.2) is 47.2 Å². The number of aromatic amines is 1. The van der Waals surface area contributed by atoms with Gasteiger partial charge in [0, 0.05) is 41.8 Å². The summed E-state index contributed by atoms with van der Waals surface area (Å²) in [4.78, 5) is 42.1. The largest absolute Gasteiger partial charge is 0.361 e. The lowest BCUT2D eigenvalue weighted by Crippen LogP contribution is -2.38. The van der Waals surface area contributed by atoms with E-state index in [-0.39, 0.29) is 5.91 Å². The number of fused-ring (bicyclic) bond motifs is 1. The Morgan fingerprint density at radius 1 is 1.06 bits per heavy atom. The summed E-state index contributed by atoms with van der Waals surface area (Å²) in [6.07, 6.45) is 4.33. The number of likely N-dealkylation sites (tertiary alicyclic amines) is 1. The van der Waals surface area contributed by atoms with Gasteiger partial charge in [-0.1, -0.05) is 23.7 Å². The first-order chi connectivity index (χ1) is 15.0. The molecule has 0 atom stereocenters. The normalized spacial score (nSPS) is 13.4. The van der Waals surface area contributed by atoms with Gasteiger partial charge in [-0.2, -0.15) is 0 Å². The van der Waals surface area contributed by atoms with Crippen molar-refractivity contribution < 1.29 is 14.4 Å². The van der Waals surface area contributed by atoms with Crippen molar-refractivity contribution in [1.29, 1.82) is 0 Å². The Hall–Kier alpha value is -3.32. The van der Waals surface area contributed by atoms with Crippen molar-refractivity contribution in [1.82, 2.24) is 15.2 Å². The molecule has 1 fully saturated rings. The molecule has 1 aromatic heterocycles. The number of carbonyl (C=O) groups excluding carboxylic acids is 3. The second kappa shape index (κ2) is 9.22. The van der Waals surface area contributed by atoms with Gasteiger partial charge in [0.2, 0.25) is 0 Å². The number of carbonyl (C=O) groups is 3. The third-order valence-corrected chi connectivity index (χ3v) is 5.65. The fraction of sp³-hybridized carbons (Fsp3) is 0.261. The topological polar surface area (TPSA) is 94.3 Å². The first-order valence-corrected chi connectivity index (χ1v) is 10.6. The molecule has 0 bridgehead atoms. The fourth-order valence-electron chi connectivity index (χ4n) is 3.79. The van der Waals surface area contributed by atoms with Gasteiger partial charge in [0.15, 0.2) is 0 Å². The quantitative estimate of drug-likeness (QED) is 0.533. The zero-order valence-electron chi connectivity index (χ0n) is 16.9. The molecule has 160 valence electrons. The van der Waals surface area contributed by atoms with Gasteiger partial charge in [-0.3, -0.25) is 14.4 Å². The summed E-state index contributed by atoms with van der Waals surface area (Å²) in [6, 6.07) is 12.3. The van der Waals surface area contributed by atoms with Crippen LogP contribution in [-0.2, 0) is 16.0 Å². The average Bonchev–Trinajstić information content (AvgIpc) is 3.44. The number of nitrogens with one attached hydrogen (secondary N) is 3. The molecule has 8 heteroatoms. The van der Waals surface area contributed by atoms with Crippen molar-refractivity contribution in [2.45, 2.75) is 19.3 Å². The van der Waals surface area contributed by atoms with E-state index in [1.807, 2.05) is 24.4 Å². The predicted octanol–water partition coefficient (Wildman–Crippen LogP) is 3.35. The Labute approximate surface area is 184 Å². The summed E-state index contributed by atoms with van der Waals surface area (Å²) in [5, 5.41) is 7.15. The molecule has 3 aromatic rings. The molecule has 0 saturated carbocycles. The molecule has 2 heterocycles. The summed E-state index contributed by atoms with van der Waals surface area (Å²) < 4.78 is 0. The predicted molar refractivity (Wildman–Crippen MR) is 120 cm³/mol. The number of benzene rings is 2. The summed E-state index contributed by atoms with van der Waals surface area (Å²) in [6.45, 7) is 1.59. The minimum atomic E-state index is -0.724. The maximum Gasteiger partial charge on any atom is 0.313 e. The second-order valence-electron chi connectivity index (χ2n) is 7.51. The number of para-hydroxylation sites is 1. The zero-order chi connectivity index (χ0) is 21.8. The molecule has 2 aromatic carbocycles. The van der Waals surface area contributed by atoms with Crippen molar-refractivity contribution in [2.24, 2.45) is 0 Å². The number of amides is 3. The van der Waals surface area contributed by atoms with Gasteiger partial charge < -0.3 is 20.5 Å². The van der Waals surface area contributed by atoms with Gasteiger partial charge in [-0.05, 0) is 55.2 Å². The van der Waals surface area contributed by atoms with Crippen LogP contribution < -0.4 is 10.6 Å². The molecule has 3 amide bonds. The number of nitrogens with zero attached hydrogens (tertiary/aromatic N) is 1. The molecule has 1 saturated heterocycles. The molecule has 3 N–H and O–H groups in total. The number of halogens is 1. The van der Waals surface area contributed by atoms with Crippen LogP contribution in [0.1, 0.15) is 28.8 Å². The van der Waals surface area contributed by atoms with Crippen LogP contribution in [0, 0.1) is 0 Å². The highest BCUT2D eigenvalue weighted by atomic mass is 35.5. The number of anilines is 1. The molecule has 0 radical (unpaired) electrons. The van der Waals surface area contributed by atoms with Gasteiger partial charge in [0.05, 0.1) is 11.3 Å². The molecule has 1 aliphatic heterocycles. The number of hydrogen-bond donors (Lipinski definition) is 3. The van der Waals surface area contributed by atoms with E-state index in [0.717, 1.165) is 29.3 Å². The summed E-state index contributed by atoms with van der Waals surface area (Å²) >= 11 is 6.09. The number of H-pyrrole nitrogens is 1. The van der Waals surface area contributed by atoms with Gasteiger partial charge >= 0.3 is 11.8 Å². The Balaban J connectivity index is 1.39. The third kappa shape index (κ3) is 4.72. The van der Waals surface area contributed by atoms with E-state index in [1.165, 1.54) is 4.90 Å². The van der Waals surface area contributed by atoms with Crippen LogP contribution in [0.4, 0.5) is 5.69 Å². The molecule has 0 unspecified atom stereocenters. The maximum absolute atomic E-state index is 12.7. The lowest BCUT2D eigenvalue weighted by Gasteiger charge is -2.16. The highest BCUT2D eigenvalue weighted by Gasteiger charge is 2.25. The van der Waals surface area contributed by atoms with Gasteiger partial charge in [-0.25, -0.2) is 0 Å². The number of aromatic nitrogens is 1. The summed E-state index contributed by atoms with van der Waals surface area (Å²) in [5.74, 6) is -1.61. The lowest BCUT2D eigenvalue weighted by atomic mass is 10.1. The zero-order valence-corrected chi connectivity index (χ0v) is 17.7. The minimum absolute atomic E-state index is 0.312. The highest BCUT2D eigenvalue weighted by molar-refractivity contribution is 6.40. The van der Waals surface area contributed by atoms with E-state index in [1.54, 1.807) is 24.3 Å². The fourth-order valence-corrected chi connectivity index (χ4v) is 3.97. The minimum Gasteiger partial charge on any atom is -0.361 e. The van der Waals surface area contributed by atoms with Crippen LogP contribution in [0.25, 0.3) is 10.9 Å². The number of hydrogen-bond acceptors (Lipinski definition) is 3. The van der Waals surface area contributed by atoms with Crippen molar-refractivity contribution >= 4 is 45.9 Å². The summed E-state index contributed by atoms with van der Waals surface area (Å²) in [5.41, 5.74) is 2.67. The van der Waals surface area contributed by atoms with E-state index < -0.39 is 11.8 Å². The third-order valence-electron chi connectivity index (χ3n) is 5.42. The van der Waals surface area contributed by atoms with Crippen molar-refractivity contribution in [3.63, 3.8) is 0 Å². The Morgan fingerprint density at radius 3 is 2.65 bits per heavy atom. The van der Waals surface area contributed by atoms with Crippen LogP contribution in [0.2, 0.25) is 5.02 Å². The number of rotatable bonds is 5. The first kappa shape index (κ1) is 20.9. The van der Waals surface area contributed by atoms with E-state index >= 15 is 0 Å². The molecular weight excluding hydrogens is 416 g/mol. The standard InChI is InChI=1S/C23H23ClN4O3/c24-16-7-8-19-18(13-16)15(14-26-19)9-10-25-21(29)17-5-1-2-6-20(17)27-22(30)23(31)28-11-3-4-12-28/h1-2,5-8,13-14,26H,3-4,9-12H2,(H,25,29)(H,27,30). The van der Waals surface area contributed by atoms with E-state index in [2.05, 4.69) is 15.6 Å². The van der Waals surface area contributed by atoms with Crippen molar-refractivity contribution in [3.8, 4) is 0 Å². The molecule has 0 spiro atoms. The lowest BCUT2D eigenvalue weighted by molar-refractivity contribution is -0.142. The summed E-state index contributed by atoms with van der Waals surface area (Å²) in [7, 11) is 0. The molecule has 7 nitrogen and oxygen atoms in total. The Kier molecular flexibility index (Phi) is 6.23. The Morgan fingerprint density at radius 2 is 1.84 bits per heavy atom. The van der Waals surface area contributed by atoms with Crippen LogP contribution in [0.15, 0.2) is 48.7 Å². The average molecular weight is 439 g/mol. The van der Waals surface area contributed by atoms with E-state index in [0.29, 0.717) is 42.3 Å². The molecule has 4 rings (SSSR count). The van der Waals surface area contributed by atoms with Crippen LogP contribution in [0.5, 0.6) is 0 Å². The van der Waals surface area contributed by atoms with Gasteiger partial charge in [-0.15, -0.1) is 0 Å². The van der Waals surface area contributed by atoms with Gasteiger partial charge in [0.25, 0.3) is 5.91 Å². The molecule has 31 heavy (non-hydrogen) atoms. The molecule has 0 aliphatic carbocycles.